The smallest absolute Gasteiger partial charge is 0.208 e. The van der Waals surface area contributed by atoms with E-state index in [0.717, 1.165) is 18.6 Å². The molecule has 1 aliphatic heterocycles. The molecule has 2 rings (SSSR count). The van der Waals surface area contributed by atoms with E-state index >= 15 is 0 Å². The van der Waals surface area contributed by atoms with Crippen LogP contribution in [0.15, 0.2) is 24.4 Å². The average Bonchev–Trinajstić information content (AvgIpc) is 2.38. The third kappa shape index (κ3) is 3.89. The van der Waals surface area contributed by atoms with E-state index < -0.39 is 10.0 Å². The molecule has 1 aromatic heterocycles. The van der Waals surface area contributed by atoms with Gasteiger partial charge in [0.25, 0.3) is 0 Å². The number of anilines is 1. The van der Waals surface area contributed by atoms with Gasteiger partial charge in [-0.05, 0) is 18.6 Å². The van der Waals surface area contributed by atoms with Gasteiger partial charge in [0.1, 0.15) is 5.82 Å². The largest absolute Gasteiger partial charge is 0.396 e. The molecule has 19 heavy (non-hydrogen) atoms. The SMILES string of the molecule is CS(=O)(=O)NC1CCN(c2ccccn2)CC1CO. The minimum Gasteiger partial charge on any atom is -0.396 e. The molecule has 2 N–H and O–H groups in total. The lowest BCUT2D eigenvalue weighted by atomic mass is 9.93. The molecule has 0 aliphatic carbocycles. The summed E-state index contributed by atoms with van der Waals surface area (Å²) in [5.41, 5.74) is 0. The molecule has 2 heterocycles. The van der Waals surface area contributed by atoms with Gasteiger partial charge in [-0.1, -0.05) is 6.07 Å². The van der Waals surface area contributed by atoms with Gasteiger partial charge in [0.2, 0.25) is 10.0 Å². The Labute approximate surface area is 113 Å². The van der Waals surface area contributed by atoms with E-state index in [-0.39, 0.29) is 18.6 Å². The molecule has 0 aromatic carbocycles. The second kappa shape index (κ2) is 5.85. The number of aliphatic hydroxyl groups is 1. The molecule has 106 valence electrons. The molecule has 1 fully saturated rings. The molecular formula is C12H19N3O3S. The maximum atomic E-state index is 11.3. The summed E-state index contributed by atoms with van der Waals surface area (Å²) >= 11 is 0. The van der Waals surface area contributed by atoms with E-state index in [4.69, 9.17) is 0 Å². The van der Waals surface area contributed by atoms with Crippen molar-refractivity contribution in [2.75, 3.05) is 30.9 Å². The summed E-state index contributed by atoms with van der Waals surface area (Å²) in [7, 11) is -3.24. The highest BCUT2D eigenvalue weighted by molar-refractivity contribution is 7.88. The van der Waals surface area contributed by atoms with Crippen LogP contribution in [0.25, 0.3) is 0 Å². The van der Waals surface area contributed by atoms with Crippen LogP contribution in [0.4, 0.5) is 5.82 Å². The van der Waals surface area contributed by atoms with Crippen molar-refractivity contribution in [2.24, 2.45) is 5.92 Å². The highest BCUT2D eigenvalue weighted by Crippen LogP contribution is 2.21. The van der Waals surface area contributed by atoms with Gasteiger partial charge >= 0.3 is 0 Å². The summed E-state index contributed by atoms with van der Waals surface area (Å²) in [6.45, 7) is 1.28. The zero-order valence-corrected chi connectivity index (χ0v) is 11.7. The molecular weight excluding hydrogens is 266 g/mol. The minimum absolute atomic E-state index is 0.0451. The lowest BCUT2D eigenvalue weighted by Gasteiger charge is -2.38. The van der Waals surface area contributed by atoms with Crippen molar-refractivity contribution in [1.82, 2.24) is 9.71 Å². The maximum absolute atomic E-state index is 11.3. The van der Waals surface area contributed by atoms with Gasteiger partial charge in [-0.2, -0.15) is 0 Å². The number of hydrogen-bond acceptors (Lipinski definition) is 5. The van der Waals surface area contributed by atoms with Crippen LogP contribution in [-0.2, 0) is 10.0 Å². The molecule has 1 saturated heterocycles. The highest BCUT2D eigenvalue weighted by atomic mass is 32.2. The van der Waals surface area contributed by atoms with Crippen molar-refractivity contribution >= 4 is 15.8 Å². The van der Waals surface area contributed by atoms with Crippen molar-refractivity contribution in [3.05, 3.63) is 24.4 Å². The zero-order chi connectivity index (χ0) is 13.9. The fraction of sp³-hybridized carbons (Fsp3) is 0.583. The van der Waals surface area contributed by atoms with E-state index in [2.05, 4.69) is 14.6 Å². The maximum Gasteiger partial charge on any atom is 0.208 e. The molecule has 0 saturated carbocycles. The number of sulfonamides is 1. The standard InChI is InChI=1S/C12H19N3O3S/c1-19(17,18)14-11-5-7-15(8-10(11)9-16)12-4-2-3-6-13-12/h2-4,6,10-11,14,16H,5,7-9H2,1H3. The van der Waals surface area contributed by atoms with Crippen LogP contribution in [0, 0.1) is 5.92 Å². The molecule has 6 nitrogen and oxygen atoms in total. The van der Waals surface area contributed by atoms with E-state index in [0.29, 0.717) is 13.0 Å². The van der Waals surface area contributed by atoms with Crippen molar-refractivity contribution in [3.63, 3.8) is 0 Å². The van der Waals surface area contributed by atoms with Crippen LogP contribution in [0.1, 0.15) is 6.42 Å². The Balaban J connectivity index is 2.06. The van der Waals surface area contributed by atoms with Crippen LogP contribution in [0.2, 0.25) is 0 Å². The Kier molecular flexibility index (Phi) is 4.38. The Morgan fingerprint density at radius 1 is 1.53 bits per heavy atom. The molecule has 0 radical (unpaired) electrons. The summed E-state index contributed by atoms with van der Waals surface area (Å²) in [6.07, 6.45) is 3.53. The molecule has 1 aliphatic rings. The van der Waals surface area contributed by atoms with E-state index in [1.54, 1.807) is 6.20 Å². The Morgan fingerprint density at radius 3 is 2.89 bits per heavy atom. The summed E-state index contributed by atoms with van der Waals surface area (Å²) < 4.78 is 25.2. The Morgan fingerprint density at radius 2 is 2.32 bits per heavy atom. The van der Waals surface area contributed by atoms with Gasteiger partial charge in [-0.25, -0.2) is 18.1 Å². The molecule has 0 amide bonds. The average molecular weight is 285 g/mol. The first-order valence-electron chi connectivity index (χ1n) is 6.24. The summed E-state index contributed by atoms with van der Waals surface area (Å²) in [5.74, 6) is 0.740. The Hall–Kier alpha value is -1.18. The predicted octanol–water partition coefficient (Wildman–Crippen LogP) is -0.182. The molecule has 1 aromatic rings. The lowest BCUT2D eigenvalue weighted by molar-refractivity contribution is 0.184. The number of hydrogen-bond donors (Lipinski definition) is 2. The van der Waals surface area contributed by atoms with Gasteiger partial charge in [0.15, 0.2) is 0 Å². The fourth-order valence-electron chi connectivity index (χ4n) is 2.40. The third-order valence-corrected chi connectivity index (χ3v) is 4.04. The number of aromatic nitrogens is 1. The number of rotatable bonds is 4. The second-order valence-corrected chi connectivity index (χ2v) is 6.64. The zero-order valence-electron chi connectivity index (χ0n) is 10.9. The lowest BCUT2D eigenvalue weighted by Crippen LogP contribution is -2.52. The molecule has 2 unspecified atom stereocenters. The first-order valence-corrected chi connectivity index (χ1v) is 8.13. The van der Waals surface area contributed by atoms with Crippen molar-refractivity contribution in [3.8, 4) is 0 Å². The monoisotopic (exact) mass is 285 g/mol. The van der Waals surface area contributed by atoms with E-state index in [1.165, 1.54) is 0 Å². The first kappa shape index (κ1) is 14.2. The number of piperidine rings is 1. The van der Waals surface area contributed by atoms with Crippen molar-refractivity contribution in [2.45, 2.75) is 12.5 Å². The van der Waals surface area contributed by atoms with E-state index in [9.17, 15) is 13.5 Å². The van der Waals surface area contributed by atoms with E-state index in [1.807, 2.05) is 18.2 Å². The van der Waals surface area contributed by atoms with Crippen molar-refractivity contribution in [1.29, 1.82) is 0 Å². The second-order valence-electron chi connectivity index (χ2n) is 4.86. The molecule has 2 atom stereocenters. The number of nitrogens with zero attached hydrogens (tertiary/aromatic N) is 2. The normalized spacial score (nSPS) is 24.4. The van der Waals surface area contributed by atoms with Gasteiger partial charge in [0, 0.05) is 37.9 Å². The van der Waals surface area contributed by atoms with Gasteiger partial charge in [-0.15, -0.1) is 0 Å². The molecule has 0 spiro atoms. The van der Waals surface area contributed by atoms with Gasteiger partial charge in [-0.3, -0.25) is 0 Å². The van der Waals surface area contributed by atoms with Crippen LogP contribution >= 0.6 is 0 Å². The summed E-state index contributed by atoms with van der Waals surface area (Å²) in [5, 5.41) is 9.44. The number of nitrogens with one attached hydrogen (secondary N) is 1. The van der Waals surface area contributed by atoms with Gasteiger partial charge in [0.05, 0.1) is 6.26 Å². The number of aliphatic hydroxyl groups excluding tert-OH is 1. The summed E-state index contributed by atoms with van der Waals surface area (Å²) in [6, 6.07) is 5.47. The Bertz CT molecular complexity index is 506. The first-order chi connectivity index (χ1) is 8.99. The third-order valence-electron chi connectivity index (χ3n) is 3.31. The molecule has 7 heteroatoms. The van der Waals surface area contributed by atoms with Crippen LogP contribution in [-0.4, -0.2) is 50.5 Å². The number of pyridine rings is 1. The van der Waals surface area contributed by atoms with Crippen LogP contribution in [0.5, 0.6) is 0 Å². The molecule has 0 bridgehead atoms. The highest BCUT2D eigenvalue weighted by Gasteiger charge is 2.31. The quantitative estimate of drug-likeness (QED) is 0.802. The van der Waals surface area contributed by atoms with Crippen LogP contribution in [0.3, 0.4) is 0 Å². The fourth-order valence-corrected chi connectivity index (χ4v) is 3.26. The predicted molar refractivity (Wildman–Crippen MR) is 73.4 cm³/mol. The van der Waals surface area contributed by atoms with Crippen LogP contribution < -0.4 is 9.62 Å². The van der Waals surface area contributed by atoms with Crippen molar-refractivity contribution < 1.29 is 13.5 Å². The summed E-state index contributed by atoms with van der Waals surface area (Å²) in [4.78, 5) is 6.35. The van der Waals surface area contributed by atoms with Gasteiger partial charge < -0.3 is 10.0 Å². The topological polar surface area (TPSA) is 82.5 Å². The minimum atomic E-state index is -3.24.